The van der Waals surface area contributed by atoms with Crippen molar-refractivity contribution in [2.24, 2.45) is 0 Å². The highest BCUT2D eigenvalue weighted by Gasteiger charge is 2.33. The van der Waals surface area contributed by atoms with Gasteiger partial charge in [-0.3, -0.25) is 10.1 Å². The normalized spacial score (nSPS) is 11.4. The van der Waals surface area contributed by atoms with E-state index in [0.717, 1.165) is 16.9 Å². The molecule has 3 aromatic rings. The van der Waals surface area contributed by atoms with Crippen molar-refractivity contribution in [3.8, 4) is 22.8 Å². The van der Waals surface area contributed by atoms with Crippen molar-refractivity contribution < 1.29 is 22.8 Å². The maximum atomic E-state index is 12.8. The molecule has 0 amide bonds. The second kappa shape index (κ2) is 6.43. The molecule has 0 aliphatic rings. The molecule has 0 saturated heterocycles. The lowest BCUT2D eigenvalue weighted by molar-refractivity contribution is -0.384. The standard InChI is InChI=1S/C15H10F3N5O3/c1-26-10-2-3-12(23(24)25)11(6-10)9-7-20-22(8-9)14-19-5-4-13(21-14)15(16,17)18/h2-8H,1H3. The molecule has 0 unspecified atom stereocenters. The summed E-state index contributed by atoms with van der Waals surface area (Å²) in [6, 6.07) is 4.88. The molecule has 0 atom stereocenters. The Morgan fingerprint density at radius 1 is 1.27 bits per heavy atom. The molecule has 26 heavy (non-hydrogen) atoms. The molecule has 0 spiro atoms. The number of alkyl halides is 3. The van der Waals surface area contributed by atoms with Crippen molar-refractivity contribution in [1.82, 2.24) is 19.7 Å². The molecule has 0 radical (unpaired) electrons. The molecule has 3 rings (SSSR count). The van der Waals surface area contributed by atoms with Crippen LogP contribution in [-0.4, -0.2) is 31.8 Å². The second-order valence-electron chi connectivity index (χ2n) is 5.05. The van der Waals surface area contributed by atoms with Gasteiger partial charge in [-0.25, -0.2) is 14.6 Å². The minimum Gasteiger partial charge on any atom is -0.497 e. The third-order valence-electron chi connectivity index (χ3n) is 3.43. The van der Waals surface area contributed by atoms with Crippen LogP contribution in [0.3, 0.4) is 0 Å². The Balaban J connectivity index is 2.05. The summed E-state index contributed by atoms with van der Waals surface area (Å²) in [6.07, 6.45) is -1.09. The first-order valence-corrected chi connectivity index (χ1v) is 7.07. The van der Waals surface area contributed by atoms with Crippen LogP contribution in [0.25, 0.3) is 17.1 Å². The van der Waals surface area contributed by atoms with Crippen molar-refractivity contribution in [3.05, 3.63) is 58.7 Å². The molecular weight excluding hydrogens is 355 g/mol. The highest BCUT2D eigenvalue weighted by atomic mass is 19.4. The summed E-state index contributed by atoms with van der Waals surface area (Å²) >= 11 is 0. The molecule has 134 valence electrons. The lowest BCUT2D eigenvalue weighted by atomic mass is 10.1. The van der Waals surface area contributed by atoms with E-state index in [1.165, 1.54) is 37.7 Å². The topological polar surface area (TPSA) is 96.0 Å². The van der Waals surface area contributed by atoms with Gasteiger partial charge >= 0.3 is 6.18 Å². The lowest BCUT2D eigenvalue weighted by Crippen LogP contribution is -2.11. The van der Waals surface area contributed by atoms with E-state index in [-0.39, 0.29) is 17.2 Å². The molecule has 1 aromatic carbocycles. The summed E-state index contributed by atoms with van der Waals surface area (Å²) in [5.74, 6) is 0.0743. The lowest BCUT2D eigenvalue weighted by Gasteiger charge is -2.06. The summed E-state index contributed by atoms with van der Waals surface area (Å²) in [4.78, 5) is 17.8. The molecule has 0 aliphatic heterocycles. The molecule has 2 aromatic heterocycles. The zero-order valence-corrected chi connectivity index (χ0v) is 13.1. The van der Waals surface area contributed by atoms with Gasteiger partial charge < -0.3 is 4.74 Å². The summed E-state index contributed by atoms with van der Waals surface area (Å²) in [6.45, 7) is 0. The van der Waals surface area contributed by atoms with Crippen LogP contribution in [0.1, 0.15) is 5.69 Å². The van der Waals surface area contributed by atoms with Crippen molar-refractivity contribution >= 4 is 5.69 Å². The number of benzene rings is 1. The van der Waals surface area contributed by atoms with Crippen molar-refractivity contribution in [2.45, 2.75) is 6.18 Å². The Hall–Kier alpha value is -3.50. The number of nitrogens with zero attached hydrogens (tertiary/aromatic N) is 5. The fraction of sp³-hybridized carbons (Fsp3) is 0.133. The van der Waals surface area contributed by atoms with Gasteiger partial charge in [0.15, 0.2) is 0 Å². The van der Waals surface area contributed by atoms with E-state index in [1.807, 2.05) is 0 Å². The molecular formula is C15H10F3N5O3. The maximum Gasteiger partial charge on any atom is 0.433 e. The average Bonchev–Trinajstić information content (AvgIpc) is 3.10. The van der Waals surface area contributed by atoms with Crippen molar-refractivity contribution in [3.63, 3.8) is 0 Å². The fourth-order valence-corrected chi connectivity index (χ4v) is 2.22. The minimum atomic E-state index is -4.63. The number of methoxy groups -OCH3 is 1. The zero-order valence-electron chi connectivity index (χ0n) is 13.1. The largest absolute Gasteiger partial charge is 0.497 e. The number of hydrogen-bond acceptors (Lipinski definition) is 6. The Labute approximate surface area is 144 Å². The Kier molecular flexibility index (Phi) is 4.28. The smallest absolute Gasteiger partial charge is 0.433 e. The monoisotopic (exact) mass is 365 g/mol. The first-order chi connectivity index (χ1) is 12.3. The first kappa shape index (κ1) is 17.3. The molecule has 0 N–H and O–H groups in total. The van der Waals surface area contributed by atoms with Gasteiger partial charge in [-0.1, -0.05) is 0 Å². The van der Waals surface area contributed by atoms with Crippen LogP contribution < -0.4 is 4.74 Å². The van der Waals surface area contributed by atoms with Crippen molar-refractivity contribution in [1.29, 1.82) is 0 Å². The molecule has 0 aliphatic carbocycles. The van der Waals surface area contributed by atoms with Crippen molar-refractivity contribution in [2.75, 3.05) is 7.11 Å². The molecule has 0 bridgehead atoms. The predicted octanol–water partition coefficient (Wildman–Crippen LogP) is 3.26. The third kappa shape index (κ3) is 3.31. The van der Waals surface area contributed by atoms with Gasteiger partial charge in [-0.15, -0.1) is 0 Å². The van der Waals surface area contributed by atoms with E-state index >= 15 is 0 Å². The Morgan fingerprint density at radius 3 is 2.69 bits per heavy atom. The summed E-state index contributed by atoms with van der Waals surface area (Å²) < 4.78 is 44.4. The molecule has 0 saturated carbocycles. The van der Waals surface area contributed by atoms with Gasteiger partial charge in [0.1, 0.15) is 11.4 Å². The number of rotatable bonds is 4. The first-order valence-electron chi connectivity index (χ1n) is 7.07. The highest BCUT2D eigenvalue weighted by Crippen LogP contribution is 2.33. The predicted molar refractivity (Wildman–Crippen MR) is 82.8 cm³/mol. The zero-order chi connectivity index (χ0) is 18.9. The van der Waals surface area contributed by atoms with Gasteiger partial charge in [0.05, 0.1) is 23.8 Å². The van der Waals surface area contributed by atoms with Gasteiger partial charge in [0, 0.05) is 24.0 Å². The number of ether oxygens (including phenoxy) is 1. The second-order valence-corrected chi connectivity index (χ2v) is 5.05. The van der Waals surface area contributed by atoms with Crippen LogP contribution in [0.4, 0.5) is 18.9 Å². The van der Waals surface area contributed by atoms with Gasteiger partial charge in [0.2, 0.25) is 0 Å². The summed E-state index contributed by atoms with van der Waals surface area (Å²) in [7, 11) is 1.41. The molecule has 2 heterocycles. The number of hydrogen-bond donors (Lipinski definition) is 0. The SMILES string of the molecule is COc1ccc([N+](=O)[O-])c(-c2cnn(-c3nccc(C(F)(F)F)n3)c2)c1. The quantitative estimate of drug-likeness (QED) is 0.520. The number of nitro benzene ring substituents is 1. The van der Waals surface area contributed by atoms with E-state index in [4.69, 9.17) is 4.74 Å². The van der Waals surface area contributed by atoms with Crippen LogP contribution in [0.5, 0.6) is 5.75 Å². The molecule has 8 nitrogen and oxygen atoms in total. The Morgan fingerprint density at radius 2 is 2.04 bits per heavy atom. The van der Waals surface area contributed by atoms with Crippen LogP contribution in [0, 0.1) is 10.1 Å². The summed E-state index contributed by atoms with van der Waals surface area (Å²) in [5, 5.41) is 15.1. The Bertz CT molecular complexity index is 971. The van der Waals surface area contributed by atoms with Gasteiger partial charge in [-0.05, 0) is 18.2 Å². The number of halogens is 3. The van der Waals surface area contributed by atoms with Gasteiger partial charge in [-0.2, -0.15) is 18.3 Å². The molecule has 0 fully saturated rings. The van der Waals surface area contributed by atoms with E-state index in [1.54, 1.807) is 0 Å². The summed E-state index contributed by atoms with van der Waals surface area (Å²) in [5.41, 5.74) is -0.814. The highest BCUT2D eigenvalue weighted by molar-refractivity contribution is 5.74. The van der Waals surface area contributed by atoms with Crippen LogP contribution in [-0.2, 0) is 6.18 Å². The molecule has 11 heteroatoms. The van der Waals surface area contributed by atoms with E-state index < -0.39 is 16.8 Å². The van der Waals surface area contributed by atoms with E-state index in [2.05, 4.69) is 15.1 Å². The van der Waals surface area contributed by atoms with E-state index in [0.29, 0.717) is 11.3 Å². The maximum absolute atomic E-state index is 12.8. The minimum absolute atomic E-state index is 0.199. The fourth-order valence-electron chi connectivity index (χ4n) is 2.22. The van der Waals surface area contributed by atoms with Gasteiger partial charge in [0.25, 0.3) is 11.6 Å². The average molecular weight is 365 g/mol. The van der Waals surface area contributed by atoms with Crippen LogP contribution >= 0.6 is 0 Å². The van der Waals surface area contributed by atoms with Crippen LogP contribution in [0.2, 0.25) is 0 Å². The van der Waals surface area contributed by atoms with Crippen LogP contribution in [0.15, 0.2) is 42.9 Å². The number of aromatic nitrogens is 4. The van der Waals surface area contributed by atoms with E-state index in [9.17, 15) is 23.3 Å². The number of nitro groups is 1. The third-order valence-corrected chi connectivity index (χ3v) is 3.43.